The first-order valence-corrected chi connectivity index (χ1v) is 9.81. The standard InChI is InChI=1S/C20H24N2O3S/c1-15-6-8-17(9-7-15)25-12-10-21-19(23)16-4-2-11-22(14-16)20(24)18-5-3-13-26-18/h3,5-9,13,16H,2,4,10-12,14H2,1H3,(H,21,23). The summed E-state index contributed by atoms with van der Waals surface area (Å²) in [6.45, 7) is 4.13. The first-order chi connectivity index (χ1) is 12.6. The Hall–Kier alpha value is -2.34. The average molecular weight is 372 g/mol. The van der Waals surface area contributed by atoms with Gasteiger partial charge in [-0.2, -0.15) is 0 Å². The van der Waals surface area contributed by atoms with Crippen molar-refractivity contribution in [2.45, 2.75) is 19.8 Å². The second kappa shape index (κ2) is 8.85. The van der Waals surface area contributed by atoms with Crippen molar-refractivity contribution in [1.29, 1.82) is 0 Å². The summed E-state index contributed by atoms with van der Waals surface area (Å²) in [6.07, 6.45) is 1.67. The zero-order chi connectivity index (χ0) is 18.4. The minimum Gasteiger partial charge on any atom is -0.492 e. The van der Waals surface area contributed by atoms with Gasteiger partial charge >= 0.3 is 0 Å². The molecule has 0 aliphatic carbocycles. The van der Waals surface area contributed by atoms with E-state index in [1.165, 1.54) is 16.9 Å². The van der Waals surface area contributed by atoms with Crippen molar-refractivity contribution in [3.8, 4) is 5.75 Å². The number of nitrogens with one attached hydrogen (secondary N) is 1. The summed E-state index contributed by atoms with van der Waals surface area (Å²) in [7, 11) is 0. The molecule has 1 unspecified atom stereocenters. The van der Waals surface area contributed by atoms with Crippen LogP contribution in [0.25, 0.3) is 0 Å². The first kappa shape index (κ1) is 18.5. The van der Waals surface area contributed by atoms with Crippen molar-refractivity contribution in [2.75, 3.05) is 26.2 Å². The van der Waals surface area contributed by atoms with E-state index in [0.717, 1.165) is 30.0 Å². The Bertz CT molecular complexity index is 728. The summed E-state index contributed by atoms with van der Waals surface area (Å²) >= 11 is 1.44. The summed E-state index contributed by atoms with van der Waals surface area (Å²) in [6, 6.07) is 11.5. The molecule has 2 aromatic rings. The second-order valence-electron chi connectivity index (χ2n) is 6.52. The Balaban J connectivity index is 1.42. The Morgan fingerprint density at radius 2 is 2.08 bits per heavy atom. The van der Waals surface area contributed by atoms with E-state index >= 15 is 0 Å². The molecular formula is C20H24N2O3S. The van der Waals surface area contributed by atoms with Gasteiger partial charge in [0.05, 0.1) is 17.3 Å². The summed E-state index contributed by atoms with van der Waals surface area (Å²) in [5, 5.41) is 4.83. The van der Waals surface area contributed by atoms with E-state index in [1.54, 1.807) is 4.90 Å². The zero-order valence-corrected chi connectivity index (χ0v) is 15.8. The molecule has 1 aliphatic rings. The molecule has 138 valence electrons. The molecular weight excluding hydrogens is 348 g/mol. The largest absolute Gasteiger partial charge is 0.492 e. The van der Waals surface area contributed by atoms with E-state index in [0.29, 0.717) is 19.7 Å². The van der Waals surface area contributed by atoms with Crippen LogP contribution in [0.2, 0.25) is 0 Å². The van der Waals surface area contributed by atoms with E-state index < -0.39 is 0 Å². The Morgan fingerprint density at radius 1 is 1.27 bits per heavy atom. The monoisotopic (exact) mass is 372 g/mol. The SMILES string of the molecule is Cc1ccc(OCCNC(=O)C2CCCN(C(=O)c3cccs3)C2)cc1. The van der Waals surface area contributed by atoms with Crippen LogP contribution in [0, 0.1) is 12.8 Å². The lowest BCUT2D eigenvalue weighted by Gasteiger charge is -2.31. The number of aryl methyl sites for hydroxylation is 1. The molecule has 0 saturated carbocycles. The number of hydrogen-bond donors (Lipinski definition) is 1. The summed E-state index contributed by atoms with van der Waals surface area (Å²) < 4.78 is 5.63. The molecule has 6 heteroatoms. The molecule has 26 heavy (non-hydrogen) atoms. The van der Waals surface area contributed by atoms with E-state index in [1.807, 2.05) is 48.7 Å². The van der Waals surface area contributed by atoms with Gasteiger partial charge in [0.25, 0.3) is 5.91 Å². The summed E-state index contributed by atoms with van der Waals surface area (Å²) in [5.41, 5.74) is 1.18. The third-order valence-electron chi connectivity index (χ3n) is 4.50. The van der Waals surface area contributed by atoms with Crippen molar-refractivity contribution < 1.29 is 14.3 Å². The molecule has 1 aromatic carbocycles. The lowest BCUT2D eigenvalue weighted by Crippen LogP contribution is -2.45. The predicted molar refractivity (Wildman–Crippen MR) is 103 cm³/mol. The lowest BCUT2D eigenvalue weighted by atomic mass is 9.97. The van der Waals surface area contributed by atoms with Crippen LogP contribution < -0.4 is 10.1 Å². The van der Waals surface area contributed by atoms with Gasteiger partial charge in [0.15, 0.2) is 0 Å². The molecule has 1 aliphatic heterocycles. The highest BCUT2D eigenvalue weighted by Gasteiger charge is 2.29. The average Bonchev–Trinajstić information content (AvgIpc) is 3.21. The van der Waals surface area contributed by atoms with Crippen LogP contribution in [0.3, 0.4) is 0 Å². The van der Waals surface area contributed by atoms with Gasteiger partial charge in [0.2, 0.25) is 5.91 Å². The number of carbonyl (C=O) groups is 2. The zero-order valence-electron chi connectivity index (χ0n) is 14.9. The van der Waals surface area contributed by atoms with Crippen LogP contribution >= 0.6 is 11.3 Å². The highest BCUT2D eigenvalue weighted by atomic mass is 32.1. The Morgan fingerprint density at radius 3 is 2.81 bits per heavy atom. The van der Waals surface area contributed by atoms with E-state index in [4.69, 9.17) is 4.74 Å². The summed E-state index contributed by atoms with van der Waals surface area (Å²) in [5.74, 6) is 0.684. The number of nitrogens with zero attached hydrogens (tertiary/aromatic N) is 1. The van der Waals surface area contributed by atoms with Crippen LogP contribution in [0.15, 0.2) is 41.8 Å². The molecule has 2 amide bonds. The highest BCUT2D eigenvalue weighted by Crippen LogP contribution is 2.20. The van der Waals surface area contributed by atoms with Crippen molar-refractivity contribution in [1.82, 2.24) is 10.2 Å². The lowest BCUT2D eigenvalue weighted by molar-refractivity contribution is -0.126. The van der Waals surface area contributed by atoms with Crippen LogP contribution in [0.1, 0.15) is 28.1 Å². The van der Waals surface area contributed by atoms with Gasteiger partial charge in [-0.3, -0.25) is 9.59 Å². The molecule has 1 atom stereocenters. The summed E-state index contributed by atoms with van der Waals surface area (Å²) in [4.78, 5) is 27.4. The maximum Gasteiger partial charge on any atom is 0.263 e. The smallest absolute Gasteiger partial charge is 0.263 e. The van der Waals surface area contributed by atoms with Crippen molar-refractivity contribution in [3.05, 3.63) is 52.2 Å². The normalized spacial score (nSPS) is 17.0. The highest BCUT2D eigenvalue weighted by molar-refractivity contribution is 7.12. The fourth-order valence-electron chi connectivity index (χ4n) is 3.05. The van der Waals surface area contributed by atoms with Gasteiger partial charge in [-0.15, -0.1) is 11.3 Å². The number of ether oxygens (including phenoxy) is 1. The maximum absolute atomic E-state index is 12.5. The molecule has 5 nitrogen and oxygen atoms in total. The molecule has 2 heterocycles. The first-order valence-electron chi connectivity index (χ1n) is 8.93. The molecule has 0 bridgehead atoms. The maximum atomic E-state index is 12.5. The Labute approximate surface area is 158 Å². The second-order valence-corrected chi connectivity index (χ2v) is 7.47. The molecule has 1 fully saturated rings. The van der Waals surface area contributed by atoms with Crippen LogP contribution in [-0.2, 0) is 4.79 Å². The van der Waals surface area contributed by atoms with Crippen molar-refractivity contribution >= 4 is 23.2 Å². The fourth-order valence-corrected chi connectivity index (χ4v) is 3.74. The molecule has 3 rings (SSSR count). The van der Waals surface area contributed by atoms with Gasteiger partial charge in [0.1, 0.15) is 12.4 Å². The van der Waals surface area contributed by atoms with Gasteiger partial charge in [-0.25, -0.2) is 0 Å². The van der Waals surface area contributed by atoms with Crippen LogP contribution in [0.4, 0.5) is 0 Å². The van der Waals surface area contributed by atoms with Gasteiger partial charge in [-0.1, -0.05) is 23.8 Å². The number of likely N-dealkylation sites (tertiary alicyclic amines) is 1. The third-order valence-corrected chi connectivity index (χ3v) is 5.36. The number of hydrogen-bond acceptors (Lipinski definition) is 4. The van der Waals surface area contributed by atoms with Crippen LogP contribution in [-0.4, -0.2) is 43.0 Å². The molecule has 0 spiro atoms. The fraction of sp³-hybridized carbons (Fsp3) is 0.400. The van der Waals surface area contributed by atoms with E-state index in [-0.39, 0.29) is 17.7 Å². The quantitative estimate of drug-likeness (QED) is 0.793. The molecule has 1 aromatic heterocycles. The number of piperidine rings is 1. The minimum absolute atomic E-state index is 0.00110. The third kappa shape index (κ3) is 4.85. The number of benzene rings is 1. The van der Waals surface area contributed by atoms with E-state index in [9.17, 15) is 9.59 Å². The van der Waals surface area contributed by atoms with Crippen molar-refractivity contribution in [2.24, 2.45) is 5.92 Å². The molecule has 1 saturated heterocycles. The number of rotatable bonds is 6. The topological polar surface area (TPSA) is 58.6 Å². The number of thiophene rings is 1. The molecule has 1 N–H and O–H groups in total. The Kier molecular flexibility index (Phi) is 6.28. The van der Waals surface area contributed by atoms with Crippen molar-refractivity contribution in [3.63, 3.8) is 0 Å². The number of carbonyl (C=O) groups excluding carboxylic acids is 2. The van der Waals surface area contributed by atoms with Gasteiger partial charge < -0.3 is 15.0 Å². The minimum atomic E-state index is -0.146. The van der Waals surface area contributed by atoms with Gasteiger partial charge in [0, 0.05) is 13.1 Å². The number of amides is 2. The molecule has 0 radical (unpaired) electrons. The van der Waals surface area contributed by atoms with E-state index in [2.05, 4.69) is 5.32 Å². The van der Waals surface area contributed by atoms with Crippen LogP contribution in [0.5, 0.6) is 5.75 Å². The predicted octanol–water partition coefficient (Wildman–Crippen LogP) is 3.10. The van der Waals surface area contributed by atoms with Gasteiger partial charge in [-0.05, 0) is 43.3 Å².